The second-order valence-corrected chi connectivity index (χ2v) is 19.1. The summed E-state index contributed by atoms with van der Waals surface area (Å²) in [6.07, 6.45) is 0.645. The van der Waals surface area contributed by atoms with Crippen molar-refractivity contribution in [2.24, 2.45) is 11.8 Å². The molecule has 17 heteroatoms. The van der Waals surface area contributed by atoms with Gasteiger partial charge in [-0.2, -0.15) is 0 Å². The molecule has 5 aliphatic heterocycles. The van der Waals surface area contributed by atoms with E-state index in [1.54, 1.807) is 54.6 Å². The van der Waals surface area contributed by atoms with Crippen LogP contribution in [0.4, 0.5) is 5.69 Å². The van der Waals surface area contributed by atoms with Crippen LogP contribution in [0.2, 0.25) is 0 Å². The number of halogens is 1. The molecule has 0 bridgehead atoms. The molecular weight excluding hydrogens is 1020 g/mol. The molecule has 364 valence electrons. The largest absolute Gasteiger partial charge is 0.491 e. The van der Waals surface area contributed by atoms with Gasteiger partial charge in [0.1, 0.15) is 67.4 Å². The number of cyclic esters (lactones) is 1. The first-order valence-electron chi connectivity index (χ1n) is 23.3. The quantitative estimate of drug-likeness (QED) is 0.0381. The summed E-state index contributed by atoms with van der Waals surface area (Å²) in [4.78, 5) is 88.4. The van der Waals surface area contributed by atoms with E-state index in [4.69, 9.17) is 23.7 Å². The lowest BCUT2D eigenvalue weighted by atomic mass is 9.65. The molecule has 0 saturated carbocycles. The number of benzene rings is 5. The van der Waals surface area contributed by atoms with E-state index < -0.39 is 77.4 Å². The summed E-state index contributed by atoms with van der Waals surface area (Å²) in [6.45, 7) is 3.01. The topological polar surface area (TPSA) is 199 Å². The van der Waals surface area contributed by atoms with Crippen LogP contribution in [0.15, 0.2) is 140 Å². The van der Waals surface area contributed by atoms with Crippen LogP contribution in [-0.4, -0.2) is 102 Å². The van der Waals surface area contributed by atoms with E-state index in [0.29, 0.717) is 33.9 Å². The number of amides is 3. The average Bonchev–Trinajstić information content (AvgIpc) is 4.05. The highest BCUT2D eigenvalue weighted by molar-refractivity contribution is 14.1. The van der Waals surface area contributed by atoms with Gasteiger partial charge in [-0.05, 0) is 99.3 Å². The minimum absolute atomic E-state index is 0.0507. The number of nitrogens with one attached hydrogen (secondary N) is 2. The van der Waals surface area contributed by atoms with Gasteiger partial charge in [-0.25, -0.2) is 0 Å². The predicted molar refractivity (Wildman–Crippen MR) is 263 cm³/mol. The summed E-state index contributed by atoms with van der Waals surface area (Å²) in [6, 6.07) is 33.8. The first-order chi connectivity index (χ1) is 34.5. The molecule has 0 aliphatic carbocycles. The Bertz CT molecular complexity index is 2890. The highest BCUT2D eigenvalue weighted by Gasteiger charge is 2.74. The smallest absolute Gasteiger partial charge is 0.325 e. The third kappa shape index (κ3) is 8.48. The zero-order chi connectivity index (χ0) is 49.4. The maximum atomic E-state index is 15.2. The number of nitrogens with zero attached hydrogens (tertiary/aromatic N) is 2. The summed E-state index contributed by atoms with van der Waals surface area (Å²) < 4.78 is 30.6. The maximum absolute atomic E-state index is 15.2. The number of carbonyl (C=O) groups is 6. The standard InChI is InChI=1S/C54H49IN4O12/c1-2-23-69-51(64)43-46-52(65)71-47(32-12-7-4-8-13-32)45(31-10-5-3-6-11-31)59(46)48(54(43)39-28-35(55)18-21-40(39)57-53(54)66)33-16-19-36(20-17-33)68-25-26-70-50(63)38-29-41-49(62)56-30-42(61)58(41)44(38)34-14-9-15-37(27-34)67-24-22-60/h2-21,27-28,38,41,43-48,60H,1,22-26,29-30H2,(H,56,62)(H,57,66)/t38-,41-,43-,44-,45-,46-,47+,48+,54-/m1/s1. The van der Waals surface area contributed by atoms with E-state index in [1.165, 1.54) is 11.0 Å². The molecule has 16 nitrogen and oxygen atoms in total. The number of fused-ring (bicyclic) bond motifs is 4. The highest BCUT2D eigenvalue weighted by Crippen LogP contribution is 2.65. The summed E-state index contributed by atoms with van der Waals surface area (Å²) >= 11 is 2.18. The van der Waals surface area contributed by atoms with Crippen molar-refractivity contribution in [2.45, 2.75) is 48.1 Å². The molecule has 0 radical (unpaired) electrons. The maximum Gasteiger partial charge on any atom is 0.325 e. The molecule has 0 unspecified atom stereocenters. The second kappa shape index (κ2) is 20.0. The third-order valence-corrected chi connectivity index (χ3v) is 14.7. The number of hydrogen-bond donors (Lipinski definition) is 3. The molecule has 1 spiro atoms. The molecule has 10 rings (SSSR count). The van der Waals surface area contributed by atoms with Crippen molar-refractivity contribution in [3.05, 3.63) is 171 Å². The number of anilines is 1. The average molecular weight is 1070 g/mol. The van der Waals surface area contributed by atoms with Gasteiger partial charge >= 0.3 is 17.9 Å². The summed E-state index contributed by atoms with van der Waals surface area (Å²) in [7, 11) is 0. The molecule has 71 heavy (non-hydrogen) atoms. The lowest BCUT2D eigenvalue weighted by Crippen LogP contribution is -2.56. The minimum atomic E-state index is -1.71. The Hall–Kier alpha value is -7.09. The number of carbonyl (C=O) groups excluding carboxylic acids is 6. The van der Waals surface area contributed by atoms with Crippen LogP contribution in [0.5, 0.6) is 11.5 Å². The van der Waals surface area contributed by atoms with Crippen molar-refractivity contribution in [3.63, 3.8) is 0 Å². The monoisotopic (exact) mass is 1070 g/mol. The molecule has 4 saturated heterocycles. The zero-order valence-corrected chi connectivity index (χ0v) is 40.3. The van der Waals surface area contributed by atoms with E-state index in [-0.39, 0.29) is 57.8 Å². The van der Waals surface area contributed by atoms with E-state index in [2.05, 4.69) is 39.8 Å². The molecule has 3 N–H and O–H groups in total. The lowest BCUT2D eigenvalue weighted by Gasteiger charge is -2.46. The Morgan fingerprint density at radius 2 is 1.48 bits per heavy atom. The van der Waals surface area contributed by atoms with Crippen LogP contribution < -0.4 is 20.1 Å². The SMILES string of the molecule is C=CCOC(=O)[C@H]1[C@@H]2C(=O)O[C@@H](c3ccccc3)[C@@H](c3ccccc3)N2[C@@H](c2ccc(OCCOC(=O)[C@@H]3C[C@@H]4C(=O)NCC(=O)N4[C@@H]3c3cccc(OCCO)c3)cc2)[C@]12C(=O)Nc1ccc(I)cc12. The number of aliphatic hydroxyl groups is 1. The molecule has 5 aliphatic rings. The molecule has 5 aromatic carbocycles. The van der Waals surface area contributed by atoms with Gasteiger partial charge in [0.05, 0.1) is 37.2 Å². The number of piperazine rings is 1. The molecule has 5 aromatic rings. The van der Waals surface area contributed by atoms with Crippen LogP contribution in [0.3, 0.4) is 0 Å². The normalized spacial score (nSPS) is 26.4. The van der Waals surface area contributed by atoms with Gasteiger partial charge < -0.3 is 44.3 Å². The Kier molecular flexibility index (Phi) is 13.4. The fourth-order valence-corrected chi connectivity index (χ4v) is 11.8. The van der Waals surface area contributed by atoms with Gasteiger partial charge in [0.2, 0.25) is 17.7 Å². The molecule has 3 amide bonds. The van der Waals surface area contributed by atoms with Crippen molar-refractivity contribution in [2.75, 3.05) is 44.9 Å². The minimum Gasteiger partial charge on any atom is -0.491 e. The van der Waals surface area contributed by atoms with Crippen molar-refractivity contribution in [1.82, 2.24) is 15.1 Å². The highest BCUT2D eigenvalue weighted by atomic mass is 127. The van der Waals surface area contributed by atoms with Crippen LogP contribution >= 0.6 is 22.6 Å². The molecule has 0 aromatic heterocycles. The van der Waals surface area contributed by atoms with Crippen molar-refractivity contribution >= 4 is 63.9 Å². The van der Waals surface area contributed by atoms with E-state index in [9.17, 15) is 29.1 Å². The van der Waals surface area contributed by atoms with Gasteiger partial charge in [0.15, 0.2) is 0 Å². The number of aliphatic hydroxyl groups excluding tert-OH is 1. The Morgan fingerprint density at radius 3 is 2.21 bits per heavy atom. The summed E-state index contributed by atoms with van der Waals surface area (Å²) in [5.41, 5.74) is 2.05. The lowest BCUT2D eigenvalue weighted by molar-refractivity contribution is -0.180. The number of hydrogen-bond acceptors (Lipinski definition) is 13. The molecule has 5 heterocycles. The van der Waals surface area contributed by atoms with E-state index in [0.717, 1.165) is 14.7 Å². The second-order valence-electron chi connectivity index (χ2n) is 17.9. The number of rotatable bonds is 15. The van der Waals surface area contributed by atoms with Crippen LogP contribution in [0.1, 0.15) is 58.5 Å². The van der Waals surface area contributed by atoms with Crippen molar-refractivity contribution < 1.29 is 57.6 Å². The Balaban J connectivity index is 0.968. The van der Waals surface area contributed by atoms with Crippen LogP contribution in [-0.2, 0) is 48.4 Å². The van der Waals surface area contributed by atoms with Crippen LogP contribution in [0, 0.1) is 15.4 Å². The number of ether oxygens (including phenoxy) is 5. The number of morpholine rings is 1. The predicted octanol–water partition coefficient (Wildman–Crippen LogP) is 5.67. The van der Waals surface area contributed by atoms with E-state index >= 15 is 4.79 Å². The third-order valence-electron chi connectivity index (χ3n) is 14.0. The van der Waals surface area contributed by atoms with Gasteiger partial charge in [-0.1, -0.05) is 97.6 Å². The Labute approximate surface area is 422 Å². The number of esters is 3. The zero-order valence-electron chi connectivity index (χ0n) is 38.2. The molecule has 4 fully saturated rings. The first kappa shape index (κ1) is 47.6. The van der Waals surface area contributed by atoms with Crippen LogP contribution in [0.25, 0.3) is 0 Å². The van der Waals surface area contributed by atoms with Crippen molar-refractivity contribution in [1.29, 1.82) is 0 Å². The Morgan fingerprint density at radius 1 is 0.761 bits per heavy atom. The van der Waals surface area contributed by atoms with Crippen molar-refractivity contribution in [3.8, 4) is 11.5 Å². The van der Waals surface area contributed by atoms with Gasteiger partial charge in [-0.15, -0.1) is 0 Å². The van der Waals surface area contributed by atoms with Gasteiger partial charge in [0.25, 0.3) is 0 Å². The summed E-state index contributed by atoms with van der Waals surface area (Å²) in [5.74, 6) is -4.61. The van der Waals surface area contributed by atoms with E-state index in [1.807, 2.05) is 77.7 Å². The molecular formula is C54H49IN4O12. The van der Waals surface area contributed by atoms with Gasteiger partial charge in [-0.3, -0.25) is 33.7 Å². The fourth-order valence-electron chi connectivity index (χ4n) is 11.3. The summed E-state index contributed by atoms with van der Waals surface area (Å²) in [5, 5.41) is 15.0. The first-order valence-corrected chi connectivity index (χ1v) is 24.4. The molecule has 9 atom stereocenters. The fraction of sp³-hybridized carbons (Fsp3) is 0.296. The van der Waals surface area contributed by atoms with Gasteiger partial charge in [0, 0.05) is 9.26 Å².